The first kappa shape index (κ1) is 17.5. The maximum absolute atomic E-state index is 12.5. The Morgan fingerprint density at radius 1 is 1.09 bits per heavy atom. The summed E-state index contributed by atoms with van der Waals surface area (Å²) in [6.07, 6.45) is 0. The van der Waals surface area contributed by atoms with E-state index in [0.29, 0.717) is 16.5 Å². The summed E-state index contributed by atoms with van der Waals surface area (Å²) < 4.78 is 26.4. The maximum atomic E-state index is 12.5. The topological polar surface area (TPSA) is 37.4 Å². The molecule has 118 valence electrons. The van der Waals surface area contributed by atoms with E-state index < -0.39 is 10.0 Å². The molecule has 22 heavy (non-hydrogen) atoms. The number of rotatable bonds is 5. The lowest BCUT2D eigenvalue weighted by atomic mass is 10.1. The van der Waals surface area contributed by atoms with Crippen molar-refractivity contribution >= 4 is 37.6 Å². The van der Waals surface area contributed by atoms with Crippen molar-refractivity contribution < 1.29 is 8.42 Å². The first-order valence-electron chi connectivity index (χ1n) is 6.73. The summed E-state index contributed by atoms with van der Waals surface area (Å²) in [6, 6.07) is 14.2. The van der Waals surface area contributed by atoms with E-state index in [1.165, 1.54) is 4.31 Å². The zero-order valence-corrected chi connectivity index (χ0v) is 15.5. The number of sulfonamides is 1. The van der Waals surface area contributed by atoms with Gasteiger partial charge in [-0.1, -0.05) is 57.4 Å². The smallest absolute Gasteiger partial charge is 0.207 e. The normalized spacial score (nSPS) is 13.3. The predicted molar refractivity (Wildman–Crippen MR) is 94.1 cm³/mol. The van der Waals surface area contributed by atoms with Crippen molar-refractivity contribution in [3.8, 4) is 0 Å². The Morgan fingerprint density at radius 2 is 1.64 bits per heavy atom. The molecule has 0 N–H and O–H groups in total. The molecule has 6 heteroatoms. The summed E-state index contributed by atoms with van der Waals surface area (Å²) in [5, 5.41) is 0.657. The highest BCUT2D eigenvalue weighted by Gasteiger charge is 2.23. The number of likely N-dealkylation sites (N-methyl/N-ethyl adjacent to an activating group) is 1. The number of hydrogen-bond acceptors (Lipinski definition) is 2. The molecule has 0 fully saturated rings. The maximum Gasteiger partial charge on any atom is 0.242 e. The fourth-order valence-corrected chi connectivity index (χ4v) is 4.23. The molecule has 1 atom stereocenters. The Labute approximate surface area is 145 Å². The van der Waals surface area contributed by atoms with Gasteiger partial charge in [0.1, 0.15) is 0 Å². The minimum atomic E-state index is -3.49. The molecule has 2 aromatic carbocycles. The minimum Gasteiger partial charge on any atom is -0.207 e. The van der Waals surface area contributed by atoms with Crippen LogP contribution in [0.1, 0.15) is 16.0 Å². The first-order valence-corrected chi connectivity index (χ1v) is 9.46. The molecule has 1 unspecified atom stereocenters. The lowest BCUT2D eigenvalue weighted by molar-refractivity contribution is 0.471. The molecule has 0 saturated heterocycles. The average Bonchev–Trinajstić information content (AvgIpc) is 2.48. The number of hydrogen-bond donors (Lipinski definition) is 0. The van der Waals surface area contributed by atoms with Gasteiger partial charge in [-0.2, -0.15) is 4.31 Å². The van der Waals surface area contributed by atoms with Gasteiger partial charge in [0.05, 0.1) is 9.72 Å². The first-order chi connectivity index (χ1) is 10.3. The van der Waals surface area contributed by atoms with E-state index >= 15 is 0 Å². The van der Waals surface area contributed by atoms with Gasteiger partial charge in [0.15, 0.2) is 0 Å². The standard InChI is InChI=1S/C16H17BrClNO2S/c1-12-3-9-15(10-4-12)22(20,21)19(2)11-16(17)13-5-7-14(18)8-6-13/h3-10,16H,11H2,1-2H3. The summed E-state index contributed by atoms with van der Waals surface area (Å²) in [5.41, 5.74) is 2.01. The van der Waals surface area contributed by atoms with Crippen LogP contribution < -0.4 is 0 Å². The van der Waals surface area contributed by atoms with Gasteiger partial charge in [-0.15, -0.1) is 0 Å². The van der Waals surface area contributed by atoms with Crippen LogP contribution in [-0.2, 0) is 10.0 Å². The Balaban J connectivity index is 2.15. The summed E-state index contributed by atoms with van der Waals surface area (Å²) >= 11 is 9.40. The zero-order chi connectivity index (χ0) is 16.3. The molecule has 0 spiro atoms. The SMILES string of the molecule is Cc1ccc(S(=O)(=O)N(C)CC(Br)c2ccc(Cl)cc2)cc1. The Kier molecular flexibility index (Phi) is 5.66. The van der Waals surface area contributed by atoms with Crippen LogP contribution in [0.4, 0.5) is 0 Å². The third-order valence-corrected chi connectivity index (χ3v) is 6.29. The molecular weight excluding hydrogens is 386 g/mol. The minimum absolute atomic E-state index is 0.102. The highest BCUT2D eigenvalue weighted by molar-refractivity contribution is 9.09. The van der Waals surface area contributed by atoms with E-state index in [4.69, 9.17) is 11.6 Å². The van der Waals surface area contributed by atoms with Crippen molar-refractivity contribution in [1.29, 1.82) is 0 Å². The number of nitrogens with zero attached hydrogens (tertiary/aromatic N) is 1. The molecule has 0 saturated carbocycles. The average molecular weight is 403 g/mol. The summed E-state index contributed by atoms with van der Waals surface area (Å²) in [5.74, 6) is 0. The van der Waals surface area contributed by atoms with Crippen LogP contribution in [0.15, 0.2) is 53.4 Å². The number of benzene rings is 2. The Bertz CT molecular complexity index is 730. The second-order valence-electron chi connectivity index (χ2n) is 5.12. The van der Waals surface area contributed by atoms with Gasteiger partial charge in [-0.25, -0.2) is 8.42 Å². The van der Waals surface area contributed by atoms with Crippen molar-refractivity contribution in [3.05, 3.63) is 64.7 Å². The molecule has 0 aliphatic heterocycles. The van der Waals surface area contributed by atoms with E-state index in [-0.39, 0.29) is 4.83 Å². The highest BCUT2D eigenvalue weighted by atomic mass is 79.9. The van der Waals surface area contributed by atoms with Gasteiger partial charge in [-0.3, -0.25) is 0 Å². The molecule has 2 aromatic rings. The molecule has 0 aromatic heterocycles. The summed E-state index contributed by atoms with van der Waals surface area (Å²) in [4.78, 5) is 0.200. The van der Waals surface area contributed by atoms with Crippen LogP contribution in [0.25, 0.3) is 0 Å². The molecule has 0 heterocycles. The quantitative estimate of drug-likeness (QED) is 0.695. The van der Waals surface area contributed by atoms with Crippen LogP contribution in [0.5, 0.6) is 0 Å². The van der Waals surface area contributed by atoms with Crippen molar-refractivity contribution in [2.45, 2.75) is 16.6 Å². The van der Waals surface area contributed by atoms with Gasteiger partial charge in [0.2, 0.25) is 10.0 Å². The van der Waals surface area contributed by atoms with E-state index in [1.54, 1.807) is 43.4 Å². The largest absolute Gasteiger partial charge is 0.242 e. The monoisotopic (exact) mass is 401 g/mol. The Hall–Kier alpha value is -0.880. The predicted octanol–water partition coefficient (Wildman–Crippen LogP) is 4.41. The second-order valence-corrected chi connectivity index (χ2v) is 8.70. The second kappa shape index (κ2) is 7.13. The van der Waals surface area contributed by atoms with E-state index in [9.17, 15) is 8.42 Å². The number of alkyl halides is 1. The molecule has 2 rings (SSSR count). The van der Waals surface area contributed by atoms with Gasteiger partial charge in [0, 0.05) is 18.6 Å². The van der Waals surface area contributed by atoms with Gasteiger partial charge < -0.3 is 0 Å². The van der Waals surface area contributed by atoms with Crippen LogP contribution in [0.3, 0.4) is 0 Å². The lowest BCUT2D eigenvalue weighted by Crippen LogP contribution is -2.29. The summed E-state index contributed by atoms with van der Waals surface area (Å²) in [6.45, 7) is 2.26. The van der Waals surface area contributed by atoms with Crippen LogP contribution >= 0.6 is 27.5 Å². The highest BCUT2D eigenvalue weighted by Crippen LogP contribution is 2.27. The third-order valence-electron chi connectivity index (χ3n) is 3.38. The van der Waals surface area contributed by atoms with Crippen LogP contribution in [-0.4, -0.2) is 26.3 Å². The molecule has 0 aliphatic carbocycles. The van der Waals surface area contributed by atoms with Crippen LogP contribution in [0, 0.1) is 6.92 Å². The van der Waals surface area contributed by atoms with E-state index in [2.05, 4.69) is 15.9 Å². The fourth-order valence-electron chi connectivity index (χ4n) is 1.99. The fraction of sp³-hybridized carbons (Fsp3) is 0.250. The molecule has 0 radical (unpaired) electrons. The Morgan fingerprint density at radius 3 is 2.18 bits per heavy atom. The van der Waals surface area contributed by atoms with Crippen molar-refractivity contribution in [3.63, 3.8) is 0 Å². The van der Waals surface area contributed by atoms with Crippen LogP contribution in [0.2, 0.25) is 5.02 Å². The third kappa shape index (κ3) is 4.10. The lowest BCUT2D eigenvalue weighted by Gasteiger charge is -2.20. The molecular formula is C16H17BrClNO2S. The molecule has 0 bridgehead atoms. The van der Waals surface area contributed by atoms with E-state index in [0.717, 1.165) is 11.1 Å². The number of halogens is 2. The van der Waals surface area contributed by atoms with Gasteiger partial charge in [0.25, 0.3) is 0 Å². The van der Waals surface area contributed by atoms with Gasteiger partial charge >= 0.3 is 0 Å². The zero-order valence-electron chi connectivity index (χ0n) is 12.3. The van der Waals surface area contributed by atoms with Gasteiger partial charge in [-0.05, 0) is 36.8 Å². The number of aryl methyl sites for hydroxylation is 1. The van der Waals surface area contributed by atoms with Crippen molar-refractivity contribution in [1.82, 2.24) is 4.31 Å². The molecule has 0 amide bonds. The van der Waals surface area contributed by atoms with Crippen molar-refractivity contribution in [2.24, 2.45) is 0 Å². The summed E-state index contributed by atoms with van der Waals surface area (Å²) in [7, 11) is -1.91. The van der Waals surface area contributed by atoms with E-state index in [1.807, 2.05) is 19.1 Å². The molecule has 3 nitrogen and oxygen atoms in total. The van der Waals surface area contributed by atoms with Crippen molar-refractivity contribution in [2.75, 3.05) is 13.6 Å². The molecule has 0 aliphatic rings.